The molecule has 0 aromatic carbocycles. The zero-order chi connectivity index (χ0) is 14.5. The van der Waals surface area contributed by atoms with E-state index in [9.17, 15) is 4.79 Å². The Hall–Kier alpha value is -1.30. The number of carbonyl (C=O) groups excluding carboxylic acids is 1. The van der Waals surface area contributed by atoms with Crippen LogP contribution in [0.2, 0.25) is 0 Å². The van der Waals surface area contributed by atoms with Gasteiger partial charge in [0.15, 0.2) is 5.84 Å². The van der Waals surface area contributed by atoms with Crippen molar-refractivity contribution in [3.8, 4) is 0 Å². The molecule has 0 radical (unpaired) electrons. The molecular formula is C13H25N3O3. The molecule has 1 heterocycles. The van der Waals surface area contributed by atoms with E-state index in [0.29, 0.717) is 25.9 Å². The van der Waals surface area contributed by atoms with Gasteiger partial charge in [0.05, 0.1) is 6.10 Å². The van der Waals surface area contributed by atoms with Crippen LogP contribution in [-0.4, -0.2) is 48.2 Å². The number of nitrogens with zero attached hydrogens (tertiary/aromatic N) is 2. The summed E-state index contributed by atoms with van der Waals surface area (Å²) in [4.78, 5) is 14.5. The number of amides is 1. The molecular weight excluding hydrogens is 246 g/mol. The summed E-state index contributed by atoms with van der Waals surface area (Å²) >= 11 is 0. The summed E-state index contributed by atoms with van der Waals surface area (Å²) in [5.74, 6) is -0.0587. The molecule has 19 heavy (non-hydrogen) atoms. The second-order valence-corrected chi connectivity index (χ2v) is 5.03. The van der Waals surface area contributed by atoms with E-state index in [1.165, 1.54) is 0 Å². The van der Waals surface area contributed by atoms with Crippen LogP contribution < -0.4 is 5.73 Å². The predicted octanol–water partition coefficient (Wildman–Crippen LogP) is 1.18. The number of nitrogens with two attached hydrogens (primary N) is 1. The van der Waals surface area contributed by atoms with Gasteiger partial charge in [-0.2, -0.15) is 0 Å². The Bertz CT molecular complexity index is 340. The van der Waals surface area contributed by atoms with Crippen molar-refractivity contribution < 1.29 is 14.7 Å². The van der Waals surface area contributed by atoms with Crippen molar-refractivity contribution in [2.75, 3.05) is 20.2 Å². The summed E-state index contributed by atoms with van der Waals surface area (Å²) < 4.78 is 5.33. The molecule has 1 saturated heterocycles. The number of oxime groups is 1. The molecule has 0 aromatic rings. The third-order valence-electron chi connectivity index (χ3n) is 4.21. The van der Waals surface area contributed by atoms with E-state index in [1.54, 1.807) is 12.0 Å². The number of likely N-dealkylation sites (tertiary alicyclic amines) is 1. The van der Waals surface area contributed by atoms with Gasteiger partial charge in [0.2, 0.25) is 5.91 Å². The first-order valence-electron chi connectivity index (χ1n) is 6.85. The van der Waals surface area contributed by atoms with Gasteiger partial charge in [0.25, 0.3) is 0 Å². The molecule has 0 aromatic heterocycles. The zero-order valence-electron chi connectivity index (χ0n) is 12.1. The fourth-order valence-electron chi connectivity index (χ4n) is 2.74. The van der Waals surface area contributed by atoms with Crippen molar-refractivity contribution in [1.82, 2.24) is 4.90 Å². The van der Waals surface area contributed by atoms with Crippen LogP contribution in [0.25, 0.3) is 0 Å². The molecule has 0 bridgehead atoms. The van der Waals surface area contributed by atoms with E-state index in [0.717, 1.165) is 12.8 Å². The van der Waals surface area contributed by atoms with Gasteiger partial charge in [-0.05, 0) is 25.7 Å². The van der Waals surface area contributed by atoms with Gasteiger partial charge in [-0.1, -0.05) is 19.0 Å². The van der Waals surface area contributed by atoms with Gasteiger partial charge < -0.3 is 20.6 Å². The van der Waals surface area contributed by atoms with Crippen molar-refractivity contribution in [1.29, 1.82) is 0 Å². The smallest absolute Gasteiger partial charge is 0.236 e. The molecule has 1 unspecified atom stereocenters. The van der Waals surface area contributed by atoms with Crippen LogP contribution in [0.5, 0.6) is 0 Å². The number of methoxy groups -OCH3 is 1. The molecule has 0 aliphatic carbocycles. The highest BCUT2D eigenvalue weighted by Gasteiger charge is 2.43. The Morgan fingerprint density at radius 1 is 1.53 bits per heavy atom. The lowest BCUT2D eigenvalue weighted by atomic mass is 9.79. The maximum absolute atomic E-state index is 12.7. The SMILES string of the molecule is CCC(CC)(C(=O)N1CCCC(OC)C1)C(N)=NO. The Balaban J connectivity index is 2.94. The van der Waals surface area contributed by atoms with Crippen molar-refractivity contribution in [2.24, 2.45) is 16.3 Å². The summed E-state index contributed by atoms with van der Waals surface area (Å²) in [5.41, 5.74) is 4.87. The number of hydrogen-bond acceptors (Lipinski definition) is 4. The standard InChI is InChI=1S/C13H25N3O3/c1-4-13(5-2,11(14)15-18)12(17)16-8-6-7-10(9-16)19-3/h10,18H,4-9H2,1-3H3,(H2,14,15). The van der Waals surface area contributed by atoms with Gasteiger partial charge >= 0.3 is 0 Å². The molecule has 1 aliphatic rings. The van der Waals surface area contributed by atoms with Gasteiger partial charge in [0.1, 0.15) is 5.41 Å². The lowest BCUT2D eigenvalue weighted by molar-refractivity contribution is -0.142. The van der Waals surface area contributed by atoms with Gasteiger partial charge in [0, 0.05) is 20.2 Å². The molecule has 1 amide bonds. The second-order valence-electron chi connectivity index (χ2n) is 5.03. The van der Waals surface area contributed by atoms with Crippen LogP contribution in [-0.2, 0) is 9.53 Å². The molecule has 6 nitrogen and oxygen atoms in total. The van der Waals surface area contributed by atoms with Crippen molar-refractivity contribution >= 4 is 11.7 Å². The topological polar surface area (TPSA) is 88.2 Å². The molecule has 3 N–H and O–H groups in total. The molecule has 110 valence electrons. The van der Waals surface area contributed by atoms with Crippen LogP contribution in [0.1, 0.15) is 39.5 Å². The van der Waals surface area contributed by atoms with Crippen LogP contribution in [0.4, 0.5) is 0 Å². The number of amidine groups is 1. The average Bonchev–Trinajstić information content (AvgIpc) is 2.48. The van der Waals surface area contributed by atoms with Crippen molar-refractivity contribution in [3.05, 3.63) is 0 Å². The molecule has 6 heteroatoms. The van der Waals surface area contributed by atoms with Crippen LogP contribution in [0.15, 0.2) is 5.16 Å². The van der Waals surface area contributed by atoms with Crippen molar-refractivity contribution in [2.45, 2.75) is 45.6 Å². The van der Waals surface area contributed by atoms with Crippen molar-refractivity contribution in [3.63, 3.8) is 0 Å². The van der Waals surface area contributed by atoms with Gasteiger partial charge in [-0.25, -0.2) is 0 Å². The summed E-state index contributed by atoms with van der Waals surface area (Å²) in [6.45, 7) is 5.06. The van der Waals surface area contributed by atoms with E-state index in [-0.39, 0.29) is 17.8 Å². The fraction of sp³-hybridized carbons (Fsp3) is 0.846. The van der Waals surface area contributed by atoms with Gasteiger partial charge in [-0.3, -0.25) is 4.79 Å². The Morgan fingerprint density at radius 2 is 2.16 bits per heavy atom. The minimum atomic E-state index is -0.898. The highest BCUT2D eigenvalue weighted by atomic mass is 16.5. The van der Waals surface area contributed by atoms with Crippen LogP contribution in [0.3, 0.4) is 0 Å². The first-order valence-corrected chi connectivity index (χ1v) is 6.85. The van der Waals surface area contributed by atoms with E-state index < -0.39 is 5.41 Å². The Kier molecular flexibility index (Phi) is 5.60. The molecule has 0 saturated carbocycles. The Morgan fingerprint density at radius 3 is 2.63 bits per heavy atom. The molecule has 1 fully saturated rings. The normalized spacial score (nSPS) is 21.5. The third-order valence-corrected chi connectivity index (χ3v) is 4.21. The number of piperidine rings is 1. The van der Waals surface area contributed by atoms with Crippen LogP contribution in [0, 0.1) is 5.41 Å². The summed E-state index contributed by atoms with van der Waals surface area (Å²) in [5, 5.41) is 12.0. The minimum Gasteiger partial charge on any atom is -0.409 e. The van der Waals surface area contributed by atoms with E-state index in [4.69, 9.17) is 15.7 Å². The molecule has 1 aliphatic heterocycles. The van der Waals surface area contributed by atoms with Crippen LogP contribution >= 0.6 is 0 Å². The quantitative estimate of drug-likeness (QED) is 0.340. The maximum atomic E-state index is 12.7. The minimum absolute atomic E-state index is 0.00189. The summed E-state index contributed by atoms with van der Waals surface area (Å²) in [6, 6.07) is 0. The predicted molar refractivity (Wildman–Crippen MR) is 73.0 cm³/mol. The summed E-state index contributed by atoms with van der Waals surface area (Å²) in [6.07, 6.45) is 3.01. The maximum Gasteiger partial charge on any atom is 0.236 e. The number of ether oxygens (including phenoxy) is 1. The summed E-state index contributed by atoms with van der Waals surface area (Å²) in [7, 11) is 1.66. The molecule has 0 spiro atoms. The lowest BCUT2D eigenvalue weighted by Gasteiger charge is -2.39. The van der Waals surface area contributed by atoms with Gasteiger partial charge in [-0.15, -0.1) is 0 Å². The second kappa shape index (κ2) is 6.75. The highest BCUT2D eigenvalue weighted by molar-refractivity contribution is 6.06. The zero-order valence-corrected chi connectivity index (χ0v) is 12.1. The first-order chi connectivity index (χ1) is 9.05. The molecule has 1 atom stereocenters. The van der Waals surface area contributed by atoms with E-state index >= 15 is 0 Å². The van der Waals surface area contributed by atoms with E-state index in [2.05, 4.69) is 5.16 Å². The van der Waals surface area contributed by atoms with E-state index in [1.807, 2.05) is 13.8 Å². The molecule has 1 rings (SSSR count). The number of rotatable bonds is 5. The third kappa shape index (κ3) is 3.00. The number of carbonyl (C=O) groups is 1. The lowest BCUT2D eigenvalue weighted by Crippen LogP contribution is -2.54. The largest absolute Gasteiger partial charge is 0.409 e. The Labute approximate surface area is 114 Å². The first kappa shape index (κ1) is 15.8. The average molecular weight is 271 g/mol. The number of hydrogen-bond donors (Lipinski definition) is 2. The monoisotopic (exact) mass is 271 g/mol. The fourth-order valence-corrected chi connectivity index (χ4v) is 2.74. The highest BCUT2D eigenvalue weighted by Crippen LogP contribution is 2.31.